The molecule has 0 spiro atoms. The molecular formula is C10H6F4O3. The van der Waals surface area contributed by atoms with Crippen molar-refractivity contribution in [3.8, 4) is 5.75 Å². The Morgan fingerprint density at radius 1 is 1.35 bits per heavy atom. The van der Waals surface area contributed by atoms with Crippen molar-refractivity contribution in [2.45, 2.75) is 6.36 Å². The highest BCUT2D eigenvalue weighted by Gasteiger charge is 2.31. The summed E-state index contributed by atoms with van der Waals surface area (Å²) in [6, 6.07) is 2.39. The Morgan fingerprint density at radius 2 is 2.00 bits per heavy atom. The van der Waals surface area contributed by atoms with E-state index in [1.165, 1.54) is 0 Å². The molecule has 7 heteroatoms. The molecule has 0 amide bonds. The maximum Gasteiger partial charge on any atom is 0.573 e. The average molecular weight is 250 g/mol. The molecule has 1 aromatic carbocycles. The third-order valence-electron chi connectivity index (χ3n) is 1.61. The lowest BCUT2D eigenvalue weighted by molar-refractivity contribution is -0.274. The van der Waals surface area contributed by atoms with Crippen molar-refractivity contribution in [3.05, 3.63) is 35.7 Å². The largest absolute Gasteiger partial charge is 0.573 e. The van der Waals surface area contributed by atoms with E-state index in [1.807, 2.05) is 0 Å². The average Bonchev–Trinajstić information content (AvgIpc) is 2.13. The number of halogens is 4. The van der Waals surface area contributed by atoms with Crippen LogP contribution in [-0.2, 0) is 4.79 Å². The van der Waals surface area contributed by atoms with Crippen molar-refractivity contribution in [1.82, 2.24) is 0 Å². The molecule has 0 unspecified atom stereocenters. The Bertz CT molecular complexity index is 451. The molecule has 0 fully saturated rings. The molecule has 0 saturated heterocycles. The third-order valence-corrected chi connectivity index (χ3v) is 1.61. The minimum Gasteiger partial charge on any atom is -0.478 e. The molecule has 0 radical (unpaired) electrons. The molecular weight excluding hydrogens is 244 g/mol. The predicted molar refractivity (Wildman–Crippen MR) is 49.8 cm³/mol. The zero-order valence-corrected chi connectivity index (χ0v) is 8.16. The van der Waals surface area contributed by atoms with Gasteiger partial charge in [-0.3, -0.25) is 0 Å². The molecule has 1 rings (SSSR count). The SMILES string of the molecule is O=C(O)/C=C/c1ccc(OC(F)(F)F)cc1F. The number of carbonyl (C=O) groups is 1. The highest BCUT2D eigenvalue weighted by Crippen LogP contribution is 2.24. The zero-order valence-electron chi connectivity index (χ0n) is 8.16. The summed E-state index contributed by atoms with van der Waals surface area (Å²) in [6.07, 6.45) is -3.30. The third kappa shape index (κ3) is 4.54. The van der Waals surface area contributed by atoms with Crippen LogP contribution >= 0.6 is 0 Å². The summed E-state index contributed by atoms with van der Waals surface area (Å²) in [5.74, 6) is -3.01. The van der Waals surface area contributed by atoms with Gasteiger partial charge in [-0.05, 0) is 18.2 Å². The van der Waals surface area contributed by atoms with E-state index >= 15 is 0 Å². The summed E-state index contributed by atoms with van der Waals surface area (Å²) in [5.41, 5.74) is -0.151. The van der Waals surface area contributed by atoms with Crippen LogP contribution in [0, 0.1) is 5.82 Å². The van der Waals surface area contributed by atoms with Crippen LogP contribution in [0.1, 0.15) is 5.56 Å². The van der Waals surface area contributed by atoms with E-state index in [0.29, 0.717) is 12.1 Å². The van der Waals surface area contributed by atoms with Crippen LogP contribution < -0.4 is 4.74 Å². The zero-order chi connectivity index (χ0) is 13.1. The van der Waals surface area contributed by atoms with Gasteiger partial charge in [-0.25, -0.2) is 9.18 Å². The van der Waals surface area contributed by atoms with Crippen molar-refractivity contribution < 1.29 is 32.2 Å². The smallest absolute Gasteiger partial charge is 0.478 e. The van der Waals surface area contributed by atoms with Gasteiger partial charge in [-0.2, -0.15) is 0 Å². The van der Waals surface area contributed by atoms with Crippen LogP contribution in [0.15, 0.2) is 24.3 Å². The normalized spacial score (nSPS) is 11.8. The second-order valence-electron chi connectivity index (χ2n) is 2.90. The van der Waals surface area contributed by atoms with E-state index in [1.54, 1.807) is 0 Å². The molecule has 0 aliphatic carbocycles. The van der Waals surface area contributed by atoms with Crippen molar-refractivity contribution in [1.29, 1.82) is 0 Å². The molecule has 17 heavy (non-hydrogen) atoms. The fourth-order valence-electron chi connectivity index (χ4n) is 1.00. The fourth-order valence-corrected chi connectivity index (χ4v) is 1.00. The molecule has 1 aromatic rings. The first-order valence-corrected chi connectivity index (χ1v) is 4.24. The van der Waals surface area contributed by atoms with Crippen LogP contribution in [0.4, 0.5) is 17.6 Å². The number of alkyl halides is 3. The molecule has 0 heterocycles. The van der Waals surface area contributed by atoms with Gasteiger partial charge in [0.2, 0.25) is 0 Å². The van der Waals surface area contributed by atoms with Crippen LogP contribution in [0.25, 0.3) is 6.08 Å². The Labute approximate surface area is 92.9 Å². The van der Waals surface area contributed by atoms with Crippen LogP contribution in [-0.4, -0.2) is 17.4 Å². The van der Waals surface area contributed by atoms with Crippen molar-refractivity contribution in [3.63, 3.8) is 0 Å². The van der Waals surface area contributed by atoms with E-state index in [-0.39, 0.29) is 5.56 Å². The highest BCUT2D eigenvalue weighted by atomic mass is 19.4. The summed E-state index contributed by atoms with van der Waals surface area (Å²) in [5, 5.41) is 8.29. The van der Waals surface area contributed by atoms with Crippen molar-refractivity contribution >= 4 is 12.0 Å². The minimum atomic E-state index is -4.90. The van der Waals surface area contributed by atoms with Gasteiger partial charge < -0.3 is 9.84 Å². The van der Waals surface area contributed by atoms with E-state index in [2.05, 4.69) is 4.74 Å². The first-order valence-electron chi connectivity index (χ1n) is 4.24. The predicted octanol–water partition coefficient (Wildman–Crippen LogP) is 2.82. The lowest BCUT2D eigenvalue weighted by atomic mass is 10.2. The Balaban J connectivity index is 2.90. The van der Waals surface area contributed by atoms with Gasteiger partial charge in [0.15, 0.2) is 0 Å². The number of hydrogen-bond acceptors (Lipinski definition) is 2. The Morgan fingerprint density at radius 3 is 2.47 bits per heavy atom. The number of hydrogen-bond donors (Lipinski definition) is 1. The minimum absolute atomic E-state index is 0.151. The van der Waals surface area contributed by atoms with Gasteiger partial charge in [0.25, 0.3) is 0 Å². The lowest BCUT2D eigenvalue weighted by Crippen LogP contribution is -2.17. The molecule has 0 aliphatic heterocycles. The fraction of sp³-hybridized carbons (Fsp3) is 0.100. The highest BCUT2D eigenvalue weighted by molar-refractivity contribution is 5.85. The van der Waals surface area contributed by atoms with Crippen molar-refractivity contribution in [2.24, 2.45) is 0 Å². The van der Waals surface area contributed by atoms with Gasteiger partial charge in [0.1, 0.15) is 11.6 Å². The molecule has 0 aromatic heterocycles. The molecule has 92 valence electrons. The Hall–Kier alpha value is -2.05. The van der Waals surface area contributed by atoms with E-state index in [0.717, 1.165) is 18.2 Å². The first-order chi connectivity index (χ1) is 7.78. The van der Waals surface area contributed by atoms with Gasteiger partial charge in [0.05, 0.1) is 0 Å². The van der Waals surface area contributed by atoms with E-state index < -0.39 is 23.9 Å². The summed E-state index contributed by atoms with van der Waals surface area (Å²) in [4.78, 5) is 10.2. The first kappa shape index (κ1) is 13.0. The summed E-state index contributed by atoms with van der Waals surface area (Å²) >= 11 is 0. The van der Waals surface area contributed by atoms with Crippen LogP contribution in [0.3, 0.4) is 0 Å². The standard InChI is InChI=1S/C10H6F4O3/c11-8-5-7(17-10(12,13)14)3-1-6(8)2-4-9(15)16/h1-5H,(H,15,16)/b4-2+. The molecule has 1 N–H and O–H groups in total. The molecule has 0 saturated carbocycles. The van der Waals surface area contributed by atoms with E-state index in [9.17, 15) is 22.4 Å². The lowest BCUT2D eigenvalue weighted by Gasteiger charge is -2.09. The quantitative estimate of drug-likeness (QED) is 0.662. The summed E-state index contributed by atoms with van der Waals surface area (Å²) in [6.45, 7) is 0. The monoisotopic (exact) mass is 250 g/mol. The topological polar surface area (TPSA) is 46.5 Å². The van der Waals surface area contributed by atoms with Gasteiger partial charge in [0, 0.05) is 17.7 Å². The van der Waals surface area contributed by atoms with Gasteiger partial charge in [-0.1, -0.05) is 0 Å². The summed E-state index contributed by atoms with van der Waals surface area (Å²) in [7, 11) is 0. The number of aliphatic carboxylic acids is 1. The number of carboxylic acid groups (broad SMARTS) is 1. The molecule has 3 nitrogen and oxygen atoms in total. The van der Waals surface area contributed by atoms with Gasteiger partial charge >= 0.3 is 12.3 Å². The van der Waals surface area contributed by atoms with Crippen LogP contribution in [0.5, 0.6) is 5.75 Å². The van der Waals surface area contributed by atoms with Gasteiger partial charge in [-0.15, -0.1) is 13.2 Å². The molecule has 0 atom stereocenters. The number of rotatable bonds is 3. The Kier molecular flexibility index (Phi) is 3.72. The maximum atomic E-state index is 13.2. The molecule has 0 bridgehead atoms. The second-order valence-corrected chi connectivity index (χ2v) is 2.90. The summed E-state index contributed by atoms with van der Waals surface area (Å²) < 4.78 is 52.0. The number of benzene rings is 1. The number of ether oxygens (including phenoxy) is 1. The van der Waals surface area contributed by atoms with Crippen LogP contribution in [0.2, 0.25) is 0 Å². The number of carboxylic acids is 1. The second kappa shape index (κ2) is 4.86. The van der Waals surface area contributed by atoms with Crippen molar-refractivity contribution in [2.75, 3.05) is 0 Å². The maximum absolute atomic E-state index is 13.2. The van der Waals surface area contributed by atoms with E-state index in [4.69, 9.17) is 5.11 Å². The molecule has 0 aliphatic rings.